The number of hydrogen-bond donors (Lipinski definition) is 1. The van der Waals surface area contributed by atoms with E-state index in [-0.39, 0.29) is 0 Å². The fraction of sp³-hybridized carbons (Fsp3) is 0.250. The molecule has 3 nitrogen and oxygen atoms in total. The van der Waals surface area contributed by atoms with E-state index in [9.17, 15) is 0 Å². The average Bonchev–Trinajstić information content (AvgIpc) is 2.36. The van der Waals surface area contributed by atoms with E-state index in [1.807, 2.05) is 13.8 Å². The summed E-state index contributed by atoms with van der Waals surface area (Å²) in [5.41, 5.74) is 2.85. The first-order valence-corrected chi connectivity index (χ1v) is 3.41. The van der Waals surface area contributed by atoms with E-state index in [4.69, 9.17) is 0 Å². The molecule has 1 aromatic heterocycles. The molecule has 1 rings (SSSR count). The predicted molar refractivity (Wildman–Crippen MR) is 45.7 cm³/mol. The number of imidazole rings is 1. The lowest BCUT2D eigenvalue weighted by Gasteiger charge is -1.94. The van der Waals surface area contributed by atoms with Crippen molar-refractivity contribution in [1.82, 2.24) is 9.97 Å². The van der Waals surface area contributed by atoms with Gasteiger partial charge >= 0.3 is 0 Å². The highest BCUT2D eigenvalue weighted by Gasteiger charge is 2.01. The summed E-state index contributed by atoms with van der Waals surface area (Å²) in [6.45, 7) is 7.38. The Balaban J connectivity index is 3.01. The maximum atomic E-state index is 4.05. The Hall–Kier alpha value is -1.38. The number of nitrogens with zero attached hydrogens (tertiary/aromatic N) is 2. The van der Waals surface area contributed by atoms with Gasteiger partial charge in [-0.05, 0) is 13.8 Å². The van der Waals surface area contributed by atoms with Crippen molar-refractivity contribution in [2.24, 2.45) is 4.99 Å². The van der Waals surface area contributed by atoms with Gasteiger partial charge in [0.05, 0.1) is 23.4 Å². The second-order valence-corrected chi connectivity index (χ2v) is 2.26. The van der Waals surface area contributed by atoms with E-state index in [2.05, 4.69) is 21.5 Å². The lowest BCUT2D eigenvalue weighted by Crippen LogP contribution is -1.96. The van der Waals surface area contributed by atoms with Crippen molar-refractivity contribution in [2.45, 2.75) is 13.8 Å². The molecule has 0 aliphatic heterocycles. The Kier molecular flexibility index (Phi) is 2.21. The van der Waals surface area contributed by atoms with Crippen LogP contribution >= 0.6 is 0 Å². The number of aryl methyl sites for hydroxylation is 1. The minimum Gasteiger partial charge on any atom is -0.343 e. The second-order valence-electron chi connectivity index (χ2n) is 2.26. The first-order valence-electron chi connectivity index (χ1n) is 3.41. The van der Waals surface area contributed by atoms with Crippen molar-refractivity contribution in [2.75, 3.05) is 0 Å². The zero-order chi connectivity index (χ0) is 8.27. The standard InChI is InChI=1S/C8H11N3/c1-4-9-6(2)8-7(3)10-5-11-8/h4-5H,1H2,2-3H3,(H,10,11)/b9-6-. The Morgan fingerprint density at radius 3 is 3.00 bits per heavy atom. The highest BCUT2D eigenvalue weighted by molar-refractivity contribution is 5.98. The van der Waals surface area contributed by atoms with Crippen molar-refractivity contribution >= 4 is 5.71 Å². The number of aromatic amines is 1. The van der Waals surface area contributed by atoms with Gasteiger partial charge in [0, 0.05) is 6.20 Å². The fourth-order valence-corrected chi connectivity index (χ4v) is 0.930. The van der Waals surface area contributed by atoms with Crippen molar-refractivity contribution in [3.05, 3.63) is 30.5 Å². The van der Waals surface area contributed by atoms with Crippen molar-refractivity contribution in [1.29, 1.82) is 0 Å². The van der Waals surface area contributed by atoms with Gasteiger partial charge in [0.25, 0.3) is 0 Å². The zero-order valence-electron chi connectivity index (χ0n) is 6.76. The van der Waals surface area contributed by atoms with Crippen LogP contribution in [0.4, 0.5) is 0 Å². The van der Waals surface area contributed by atoms with E-state index >= 15 is 0 Å². The molecular weight excluding hydrogens is 138 g/mol. The van der Waals surface area contributed by atoms with Crippen LogP contribution in [0.3, 0.4) is 0 Å². The van der Waals surface area contributed by atoms with Gasteiger partial charge in [-0.15, -0.1) is 0 Å². The summed E-state index contributed by atoms with van der Waals surface area (Å²) in [5.74, 6) is 0. The van der Waals surface area contributed by atoms with E-state index in [0.29, 0.717) is 0 Å². The van der Waals surface area contributed by atoms with Crippen LogP contribution < -0.4 is 0 Å². The smallest absolute Gasteiger partial charge is 0.0928 e. The minimum absolute atomic E-state index is 0.912. The molecule has 0 spiro atoms. The molecule has 0 atom stereocenters. The molecule has 11 heavy (non-hydrogen) atoms. The van der Waals surface area contributed by atoms with Crippen molar-refractivity contribution < 1.29 is 0 Å². The molecule has 1 N–H and O–H groups in total. The van der Waals surface area contributed by atoms with Crippen LogP contribution in [0.25, 0.3) is 0 Å². The number of H-pyrrole nitrogens is 1. The summed E-state index contributed by atoms with van der Waals surface area (Å²) >= 11 is 0. The van der Waals surface area contributed by atoms with Gasteiger partial charge in [-0.3, -0.25) is 4.99 Å². The van der Waals surface area contributed by atoms with Crippen LogP contribution in [0.15, 0.2) is 24.1 Å². The maximum Gasteiger partial charge on any atom is 0.0928 e. The van der Waals surface area contributed by atoms with Gasteiger partial charge < -0.3 is 4.98 Å². The van der Waals surface area contributed by atoms with Crippen molar-refractivity contribution in [3.8, 4) is 0 Å². The highest BCUT2D eigenvalue weighted by Crippen LogP contribution is 2.01. The topological polar surface area (TPSA) is 41.0 Å². The first kappa shape index (κ1) is 7.72. The molecule has 0 unspecified atom stereocenters. The fourth-order valence-electron chi connectivity index (χ4n) is 0.930. The molecular formula is C8H11N3. The van der Waals surface area contributed by atoms with Gasteiger partial charge in [0.15, 0.2) is 0 Å². The Morgan fingerprint density at radius 1 is 1.82 bits per heavy atom. The molecule has 1 heterocycles. The second kappa shape index (κ2) is 3.14. The summed E-state index contributed by atoms with van der Waals surface area (Å²) in [6.07, 6.45) is 3.18. The predicted octanol–water partition coefficient (Wildman–Crippen LogP) is 1.67. The lowest BCUT2D eigenvalue weighted by atomic mass is 10.2. The largest absolute Gasteiger partial charge is 0.343 e. The van der Waals surface area contributed by atoms with Gasteiger partial charge in [0.1, 0.15) is 0 Å². The van der Waals surface area contributed by atoms with Crippen LogP contribution in [0.2, 0.25) is 0 Å². The average molecular weight is 149 g/mol. The monoisotopic (exact) mass is 149 g/mol. The molecule has 1 aromatic rings. The number of nitrogens with one attached hydrogen (secondary N) is 1. The molecule has 0 aliphatic carbocycles. The minimum atomic E-state index is 0.912. The van der Waals surface area contributed by atoms with E-state index in [1.54, 1.807) is 6.33 Å². The molecule has 0 radical (unpaired) electrons. The molecule has 0 bridgehead atoms. The number of aliphatic imine (C=N–C) groups is 1. The third-order valence-electron chi connectivity index (χ3n) is 1.48. The molecule has 3 heteroatoms. The number of aromatic nitrogens is 2. The third kappa shape index (κ3) is 1.55. The van der Waals surface area contributed by atoms with Crippen LogP contribution in [0, 0.1) is 6.92 Å². The van der Waals surface area contributed by atoms with Gasteiger partial charge in [0.2, 0.25) is 0 Å². The van der Waals surface area contributed by atoms with E-state index in [1.165, 1.54) is 6.20 Å². The molecule has 0 aromatic carbocycles. The first-order chi connectivity index (χ1) is 5.25. The van der Waals surface area contributed by atoms with Gasteiger partial charge in [-0.1, -0.05) is 6.58 Å². The number of rotatable bonds is 2. The van der Waals surface area contributed by atoms with Gasteiger partial charge in [-0.2, -0.15) is 0 Å². The molecule has 0 amide bonds. The van der Waals surface area contributed by atoms with E-state index in [0.717, 1.165) is 17.1 Å². The molecule has 0 saturated carbocycles. The van der Waals surface area contributed by atoms with Gasteiger partial charge in [-0.25, -0.2) is 4.98 Å². The lowest BCUT2D eigenvalue weighted by molar-refractivity contribution is 1.25. The summed E-state index contributed by atoms with van der Waals surface area (Å²) in [7, 11) is 0. The Labute approximate surface area is 65.9 Å². The normalized spacial score (nSPS) is 11.6. The van der Waals surface area contributed by atoms with Crippen LogP contribution in [-0.4, -0.2) is 15.7 Å². The van der Waals surface area contributed by atoms with Crippen molar-refractivity contribution in [3.63, 3.8) is 0 Å². The summed E-state index contributed by atoms with van der Waals surface area (Å²) < 4.78 is 0. The Morgan fingerprint density at radius 2 is 2.55 bits per heavy atom. The van der Waals surface area contributed by atoms with Crippen LogP contribution in [0.1, 0.15) is 18.3 Å². The molecule has 58 valence electrons. The maximum absolute atomic E-state index is 4.05. The summed E-state index contributed by atoms with van der Waals surface area (Å²) in [6, 6.07) is 0. The quantitative estimate of drug-likeness (QED) is 0.638. The van der Waals surface area contributed by atoms with Crippen LogP contribution in [-0.2, 0) is 0 Å². The van der Waals surface area contributed by atoms with E-state index < -0.39 is 0 Å². The summed E-state index contributed by atoms with van der Waals surface area (Å²) in [5, 5.41) is 0. The third-order valence-corrected chi connectivity index (χ3v) is 1.48. The Bertz CT molecular complexity index is 283. The SMILES string of the molecule is C=C/N=C(/C)c1[nH]cnc1C. The zero-order valence-corrected chi connectivity index (χ0v) is 6.76. The molecule has 0 aliphatic rings. The number of hydrogen-bond acceptors (Lipinski definition) is 2. The summed E-state index contributed by atoms with van der Waals surface area (Å²) in [4.78, 5) is 11.1. The van der Waals surface area contributed by atoms with Crippen LogP contribution in [0.5, 0.6) is 0 Å². The molecule has 0 fully saturated rings. The molecule has 0 saturated heterocycles. The highest BCUT2D eigenvalue weighted by atomic mass is 14.9.